The Kier molecular flexibility index (Phi) is 4.11. The monoisotopic (exact) mass is 256 g/mol. The zero-order chi connectivity index (χ0) is 12.2. The van der Waals surface area contributed by atoms with Gasteiger partial charge in [-0.3, -0.25) is 4.79 Å². The molecule has 0 fully saturated rings. The molecule has 0 atom stereocenters. The van der Waals surface area contributed by atoms with Crippen molar-refractivity contribution in [1.82, 2.24) is 0 Å². The number of carbonyl (C=O) groups excluding carboxylic acids is 1. The van der Waals surface area contributed by atoms with E-state index in [-0.39, 0.29) is 0 Å². The quantitative estimate of drug-likeness (QED) is 0.607. The summed E-state index contributed by atoms with van der Waals surface area (Å²) in [5, 5.41) is 0.489. The molecule has 0 saturated heterocycles. The average molecular weight is 257 g/mol. The summed E-state index contributed by atoms with van der Waals surface area (Å²) in [6.07, 6.45) is 4.89. The van der Waals surface area contributed by atoms with Gasteiger partial charge in [0, 0.05) is 10.6 Å². The molecule has 84 valence electrons. The Balaban J connectivity index is 2.82. The van der Waals surface area contributed by atoms with E-state index < -0.39 is 27.1 Å². The molecule has 0 aliphatic carbocycles. The number of terminal acetylenes is 1. The predicted molar refractivity (Wildman–Crippen MR) is 63.3 cm³/mol. The minimum atomic E-state index is -3.51. The van der Waals surface area contributed by atoms with Crippen molar-refractivity contribution in [3.05, 3.63) is 34.9 Å². The number of Topliss-reactive ketones (excluding diaryl/α,β-unsaturated/α-hetero) is 1. The zero-order valence-corrected chi connectivity index (χ0v) is 9.88. The van der Waals surface area contributed by atoms with Crippen LogP contribution >= 0.6 is 11.6 Å². The van der Waals surface area contributed by atoms with Crippen molar-refractivity contribution in [2.45, 2.75) is 0 Å². The predicted octanol–water partition coefficient (Wildman–Crippen LogP) is 1.57. The van der Waals surface area contributed by atoms with E-state index >= 15 is 0 Å². The van der Waals surface area contributed by atoms with E-state index in [9.17, 15) is 13.2 Å². The molecular weight excluding hydrogens is 248 g/mol. The first kappa shape index (κ1) is 12.8. The van der Waals surface area contributed by atoms with Crippen molar-refractivity contribution in [3.63, 3.8) is 0 Å². The molecule has 0 aliphatic heterocycles. The lowest BCUT2D eigenvalue weighted by Crippen LogP contribution is -2.18. The lowest BCUT2D eigenvalue weighted by atomic mass is 10.1. The highest BCUT2D eigenvalue weighted by atomic mass is 35.5. The largest absolute Gasteiger partial charge is 0.293 e. The second-order valence-corrected chi connectivity index (χ2v) is 5.67. The Morgan fingerprint density at radius 3 is 2.38 bits per heavy atom. The summed E-state index contributed by atoms with van der Waals surface area (Å²) in [7, 11) is -3.51. The zero-order valence-electron chi connectivity index (χ0n) is 8.31. The van der Waals surface area contributed by atoms with Crippen LogP contribution in [0.1, 0.15) is 10.4 Å². The summed E-state index contributed by atoms with van der Waals surface area (Å²) in [6.45, 7) is 0. The topological polar surface area (TPSA) is 51.2 Å². The third kappa shape index (κ3) is 3.69. The summed E-state index contributed by atoms with van der Waals surface area (Å²) < 4.78 is 22.6. The molecule has 16 heavy (non-hydrogen) atoms. The molecule has 1 rings (SSSR count). The normalized spacial score (nSPS) is 10.8. The van der Waals surface area contributed by atoms with Crippen molar-refractivity contribution < 1.29 is 13.2 Å². The van der Waals surface area contributed by atoms with Gasteiger partial charge >= 0.3 is 0 Å². The van der Waals surface area contributed by atoms with Gasteiger partial charge in [0.2, 0.25) is 0 Å². The van der Waals surface area contributed by atoms with E-state index in [0.717, 1.165) is 0 Å². The van der Waals surface area contributed by atoms with Gasteiger partial charge in [0.05, 0.1) is 0 Å². The molecule has 0 saturated carbocycles. The van der Waals surface area contributed by atoms with Crippen LogP contribution in [0.2, 0.25) is 5.02 Å². The van der Waals surface area contributed by atoms with Gasteiger partial charge in [-0.25, -0.2) is 8.42 Å². The van der Waals surface area contributed by atoms with Crippen molar-refractivity contribution in [2.24, 2.45) is 0 Å². The Bertz CT molecular complexity index is 523. The first-order valence-corrected chi connectivity index (χ1v) is 6.57. The maximum absolute atomic E-state index is 11.6. The van der Waals surface area contributed by atoms with Gasteiger partial charge in [0.1, 0.15) is 11.5 Å². The number of sulfone groups is 1. The van der Waals surface area contributed by atoms with Crippen LogP contribution in [0.5, 0.6) is 0 Å². The average Bonchev–Trinajstić information content (AvgIpc) is 2.17. The standard InChI is InChI=1S/C11H9ClO3S/c1-2-7-16(14,15)8-11(13)9-3-5-10(12)6-4-9/h1,3-6H,7-8H2. The van der Waals surface area contributed by atoms with Crippen LogP contribution in [-0.4, -0.2) is 25.7 Å². The SMILES string of the molecule is C#CCS(=O)(=O)CC(=O)c1ccc(Cl)cc1. The van der Waals surface area contributed by atoms with Gasteiger partial charge in [-0.2, -0.15) is 0 Å². The van der Waals surface area contributed by atoms with Crippen LogP contribution in [0.15, 0.2) is 24.3 Å². The Labute approximate surface area is 99.3 Å². The highest BCUT2D eigenvalue weighted by Crippen LogP contribution is 2.10. The van der Waals surface area contributed by atoms with Crippen LogP contribution in [0, 0.1) is 12.3 Å². The first-order valence-electron chi connectivity index (χ1n) is 4.37. The number of ketones is 1. The van der Waals surface area contributed by atoms with Gasteiger partial charge in [-0.1, -0.05) is 17.5 Å². The molecule has 0 amide bonds. The summed E-state index contributed by atoms with van der Waals surface area (Å²) >= 11 is 5.64. The molecule has 0 aromatic heterocycles. The molecule has 5 heteroatoms. The maximum Gasteiger partial charge on any atom is 0.177 e. The van der Waals surface area contributed by atoms with E-state index in [0.29, 0.717) is 10.6 Å². The molecule has 0 radical (unpaired) electrons. The maximum atomic E-state index is 11.6. The number of hydrogen-bond donors (Lipinski definition) is 0. The fourth-order valence-electron chi connectivity index (χ4n) is 1.10. The van der Waals surface area contributed by atoms with Crippen molar-refractivity contribution in [3.8, 4) is 12.3 Å². The fourth-order valence-corrected chi connectivity index (χ4v) is 2.14. The Morgan fingerprint density at radius 2 is 1.88 bits per heavy atom. The fraction of sp³-hybridized carbons (Fsp3) is 0.182. The summed E-state index contributed by atoms with van der Waals surface area (Å²) in [4.78, 5) is 11.6. The highest BCUT2D eigenvalue weighted by molar-refractivity contribution is 7.92. The van der Waals surface area contributed by atoms with Crippen LogP contribution in [0.4, 0.5) is 0 Å². The number of hydrogen-bond acceptors (Lipinski definition) is 3. The van der Waals surface area contributed by atoms with Crippen LogP contribution in [0.3, 0.4) is 0 Å². The molecule has 3 nitrogen and oxygen atoms in total. The van der Waals surface area contributed by atoms with Crippen molar-refractivity contribution in [2.75, 3.05) is 11.5 Å². The molecule has 0 spiro atoms. The number of rotatable bonds is 4. The van der Waals surface area contributed by atoms with E-state index in [1.54, 1.807) is 0 Å². The molecule has 0 bridgehead atoms. The molecule has 0 unspecified atom stereocenters. The molecule has 1 aromatic rings. The lowest BCUT2D eigenvalue weighted by Gasteiger charge is -2.00. The number of benzene rings is 1. The Morgan fingerprint density at radius 1 is 1.31 bits per heavy atom. The molecular formula is C11H9ClO3S. The second kappa shape index (κ2) is 5.15. The summed E-state index contributed by atoms with van der Waals surface area (Å²) in [5.74, 6) is 0.538. The summed E-state index contributed by atoms with van der Waals surface area (Å²) in [5.41, 5.74) is 0.310. The minimum Gasteiger partial charge on any atom is -0.293 e. The Hall–Kier alpha value is -1.31. The van der Waals surface area contributed by atoms with Gasteiger partial charge in [-0.05, 0) is 24.3 Å². The molecule has 0 aliphatic rings. The van der Waals surface area contributed by atoms with Gasteiger partial charge < -0.3 is 0 Å². The molecule has 0 heterocycles. The minimum absolute atomic E-state index is 0.310. The number of halogens is 1. The molecule has 0 N–H and O–H groups in total. The van der Waals surface area contributed by atoms with E-state index in [1.807, 2.05) is 5.92 Å². The first-order chi connectivity index (χ1) is 7.44. The van der Waals surface area contributed by atoms with E-state index in [2.05, 4.69) is 0 Å². The second-order valence-electron chi connectivity index (χ2n) is 3.17. The van der Waals surface area contributed by atoms with Crippen LogP contribution in [-0.2, 0) is 9.84 Å². The van der Waals surface area contributed by atoms with Crippen LogP contribution in [0.25, 0.3) is 0 Å². The third-order valence-corrected chi connectivity index (χ3v) is 3.38. The number of carbonyl (C=O) groups is 1. The van der Waals surface area contributed by atoms with E-state index in [4.69, 9.17) is 18.0 Å². The van der Waals surface area contributed by atoms with E-state index in [1.165, 1.54) is 24.3 Å². The van der Waals surface area contributed by atoms with Crippen molar-refractivity contribution >= 4 is 27.2 Å². The van der Waals surface area contributed by atoms with Crippen LogP contribution < -0.4 is 0 Å². The smallest absolute Gasteiger partial charge is 0.177 e. The highest BCUT2D eigenvalue weighted by Gasteiger charge is 2.16. The molecule has 1 aromatic carbocycles. The van der Waals surface area contributed by atoms with Crippen molar-refractivity contribution in [1.29, 1.82) is 0 Å². The van der Waals surface area contributed by atoms with Gasteiger partial charge in [-0.15, -0.1) is 6.42 Å². The lowest BCUT2D eigenvalue weighted by molar-refractivity contribution is 0.102. The third-order valence-electron chi connectivity index (χ3n) is 1.82. The summed E-state index contributed by atoms with van der Waals surface area (Å²) in [6, 6.07) is 6.03. The van der Waals surface area contributed by atoms with Gasteiger partial charge in [0.15, 0.2) is 15.6 Å². The van der Waals surface area contributed by atoms with Gasteiger partial charge in [0.25, 0.3) is 0 Å².